The number of amides is 2. The maximum absolute atomic E-state index is 13.0. The number of piperidine rings is 1. The van der Waals surface area contributed by atoms with Gasteiger partial charge in [-0.1, -0.05) is 37.8 Å². The fourth-order valence-electron chi connectivity index (χ4n) is 6.03. The molecular formula is C25H36N2O3. The van der Waals surface area contributed by atoms with Crippen LogP contribution in [0.5, 0.6) is 5.75 Å². The van der Waals surface area contributed by atoms with E-state index in [1.165, 1.54) is 32.1 Å². The van der Waals surface area contributed by atoms with Gasteiger partial charge in [0.15, 0.2) is 0 Å². The highest BCUT2D eigenvalue weighted by atomic mass is 16.5. The van der Waals surface area contributed by atoms with Crippen molar-refractivity contribution >= 4 is 11.8 Å². The van der Waals surface area contributed by atoms with Crippen LogP contribution in [0.15, 0.2) is 24.3 Å². The molecule has 2 aliphatic carbocycles. The Kier molecular flexibility index (Phi) is 6.64. The van der Waals surface area contributed by atoms with E-state index < -0.39 is 0 Å². The topological polar surface area (TPSA) is 58.6 Å². The lowest BCUT2D eigenvalue weighted by molar-refractivity contribution is -0.142. The van der Waals surface area contributed by atoms with Crippen molar-refractivity contribution in [3.8, 4) is 5.75 Å². The van der Waals surface area contributed by atoms with Gasteiger partial charge in [0, 0.05) is 31.0 Å². The molecule has 4 rings (SSSR count). The largest absolute Gasteiger partial charge is 0.493 e. The number of carbonyl (C=O) groups excluding carboxylic acids is 2. The molecule has 1 N–H and O–H groups in total. The standard InChI is InChI=1S/C25H36N2O3/c1-2-30-21-12-7-6-11-20(21)24(29)26-18-25-15-8-13-22(25)27(23(28)14-16-25)17-19-9-4-3-5-10-19/h6-7,11-12,19,22H,2-5,8-10,13-18H2,1H3,(H,26,29)/t22-,25+/m1/s1. The molecule has 5 heteroatoms. The van der Waals surface area contributed by atoms with E-state index in [1.54, 1.807) is 0 Å². The molecule has 30 heavy (non-hydrogen) atoms. The van der Waals surface area contributed by atoms with Crippen molar-refractivity contribution in [2.45, 2.75) is 77.2 Å². The van der Waals surface area contributed by atoms with Gasteiger partial charge in [-0.3, -0.25) is 9.59 Å². The number of fused-ring (bicyclic) bond motifs is 1. The molecule has 164 valence electrons. The van der Waals surface area contributed by atoms with Crippen molar-refractivity contribution in [1.82, 2.24) is 10.2 Å². The third-order valence-electron chi connectivity index (χ3n) is 7.60. The highest BCUT2D eigenvalue weighted by molar-refractivity contribution is 5.97. The van der Waals surface area contributed by atoms with E-state index in [0.717, 1.165) is 32.2 Å². The number of hydrogen-bond donors (Lipinski definition) is 1. The fraction of sp³-hybridized carbons (Fsp3) is 0.680. The molecule has 1 aromatic carbocycles. The Hall–Kier alpha value is -2.04. The van der Waals surface area contributed by atoms with Crippen LogP contribution in [-0.4, -0.2) is 42.5 Å². The second kappa shape index (κ2) is 9.40. The number of rotatable bonds is 7. The van der Waals surface area contributed by atoms with E-state index in [4.69, 9.17) is 4.74 Å². The van der Waals surface area contributed by atoms with Gasteiger partial charge >= 0.3 is 0 Å². The first-order valence-electron chi connectivity index (χ1n) is 11.9. The lowest BCUT2D eigenvalue weighted by atomic mass is 9.74. The number of carbonyl (C=O) groups is 2. The molecule has 0 spiro atoms. The smallest absolute Gasteiger partial charge is 0.255 e. The monoisotopic (exact) mass is 412 g/mol. The summed E-state index contributed by atoms with van der Waals surface area (Å²) in [4.78, 5) is 28.0. The van der Waals surface area contributed by atoms with Crippen LogP contribution in [0.3, 0.4) is 0 Å². The molecule has 2 amide bonds. The van der Waals surface area contributed by atoms with Crippen molar-refractivity contribution in [2.24, 2.45) is 11.3 Å². The van der Waals surface area contributed by atoms with Gasteiger partial charge < -0.3 is 15.0 Å². The number of ether oxygens (including phenoxy) is 1. The van der Waals surface area contributed by atoms with Crippen molar-refractivity contribution in [3.05, 3.63) is 29.8 Å². The molecule has 0 aromatic heterocycles. The number of para-hydroxylation sites is 1. The molecule has 1 aromatic rings. The van der Waals surface area contributed by atoms with E-state index >= 15 is 0 Å². The minimum Gasteiger partial charge on any atom is -0.493 e. The van der Waals surface area contributed by atoms with Crippen molar-refractivity contribution in [3.63, 3.8) is 0 Å². The Bertz CT molecular complexity index is 759. The zero-order chi connectivity index (χ0) is 21.0. The molecule has 0 radical (unpaired) electrons. The molecule has 1 heterocycles. The Morgan fingerprint density at radius 3 is 2.73 bits per heavy atom. The molecule has 0 bridgehead atoms. The highest BCUT2D eigenvalue weighted by Gasteiger charge is 2.50. The molecule has 2 saturated carbocycles. The number of likely N-dealkylation sites (tertiary alicyclic amines) is 1. The molecule has 0 unspecified atom stereocenters. The molecule has 2 atom stereocenters. The van der Waals surface area contributed by atoms with E-state index in [-0.39, 0.29) is 17.4 Å². The summed E-state index contributed by atoms with van der Waals surface area (Å²) in [5, 5.41) is 3.21. The van der Waals surface area contributed by atoms with E-state index in [0.29, 0.717) is 42.7 Å². The number of benzene rings is 1. The second-order valence-corrected chi connectivity index (χ2v) is 9.43. The normalized spacial score (nSPS) is 27.0. The average Bonchev–Trinajstić information content (AvgIpc) is 3.20. The molecule has 1 aliphatic heterocycles. The molecule has 3 fully saturated rings. The summed E-state index contributed by atoms with van der Waals surface area (Å²) in [6.45, 7) is 4.03. The predicted molar refractivity (Wildman–Crippen MR) is 118 cm³/mol. The lowest BCUT2D eigenvalue weighted by Gasteiger charge is -2.47. The maximum atomic E-state index is 13.0. The number of hydrogen-bond acceptors (Lipinski definition) is 3. The van der Waals surface area contributed by atoms with Gasteiger partial charge in [-0.05, 0) is 57.1 Å². The summed E-state index contributed by atoms with van der Waals surface area (Å²) in [5.74, 6) is 1.55. The van der Waals surface area contributed by atoms with Gasteiger partial charge in [0.1, 0.15) is 5.75 Å². The van der Waals surface area contributed by atoms with E-state index in [1.807, 2.05) is 31.2 Å². The molecule has 3 aliphatic rings. The minimum atomic E-state index is -0.0743. The Morgan fingerprint density at radius 1 is 1.13 bits per heavy atom. The number of nitrogens with zero attached hydrogens (tertiary/aromatic N) is 1. The van der Waals surface area contributed by atoms with Crippen LogP contribution in [0, 0.1) is 11.3 Å². The van der Waals surface area contributed by atoms with Crippen LogP contribution in [-0.2, 0) is 4.79 Å². The third-order valence-corrected chi connectivity index (χ3v) is 7.60. The quantitative estimate of drug-likeness (QED) is 0.714. The summed E-state index contributed by atoms with van der Waals surface area (Å²) >= 11 is 0. The van der Waals surface area contributed by atoms with Crippen LogP contribution in [0.2, 0.25) is 0 Å². The fourth-order valence-corrected chi connectivity index (χ4v) is 6.03. The second-order valence-electron chi connectivity index (χ2n) is 9.43. The first kappa shape index (κ1) is 21.2. The maximum Gasteiger partial charge on any atom is 0.255 e. The summed E-state index contributed by atoms with van der Waals surface area (Å²) in [5.41, 5.74) is 0.620. The average molecular weight is 413 g/mol. The van der Waals surface area contributed by atoms with Gasteiger partial charge in [0.05, 0.1) is 12.2 Å². The summed E-state index contributed by atoms with van der Waals surface area (Å²) in [6.07, 6.45) is 11.3. The van der Waals surface area contributed by atoms with Crippen molar-refractivity contribution in [2.75, 3.05) is 19.7 Å². The van der Waals surface area contributed by atoms with Gasteiger partial charge in [-0.15, -0.1) is 0 Å². The zero-order valence-electron chi connectivity index (χ0n) is 18.3. The van der Waals surface area contributed by atoms with Crippen LogP contribution in [0.25, 0.3) is 0 Å². The van der Waals surface area contributed by atoms with Crippen LogP contribution in [0.4, 0.5) is 0 Å². The van der Waals surface area contributed by atoms with Crippen molar-refractivity contribution in [1.29, 1.82) is 0 Å². The van der Waals surface area contributed by atoms with Gasteiger partial charge in [0.25, 0.3) is 5.91 Å². The molecular weight excluding hydrogens is 376 g/mol. The molecule has 1 saturated heterocycles. The molecule has 5 nitrogen and oxygen atoms in total. The first-order chi connectivity index (χ1) is 14.6. The first-order valence-corrected chi connectivity index (χ1v) is 11.9. The lowest BCUT2D eigenvalue weighted by Crippen LogP contribution is -2.57. The van der Waals surface area contributed by atoms with Crippen LogP contribution in [0.1, 0.15) is 81.5 Å². The predicted octanol–water partition coefficient (Wildman–Crippen LogP) is 4.56. The Balaban J connectivity index is 1.45. The number of nitrogens with one attached hydrogen (secondary N) is 1. The van der Waals surface area contributed by atoms with Gasteiger partial charge in [0.2, 0.25) is 5.91 Å². The summed E-state index contributed by atoms with van der Waals surface area (Å²) in [6, 6.07) is 7.72. The zero-order valence-corrected chi connectivity index (χ0v) is 18.3. The van der Waals surface area contributed by atoms with Gasteiger partial charge in [-0.25, -0.2) is 0 Å². The van der Waals surface area contributed by atoms with Crippen molar-refractivity contribution < 1.29 is 14.3 Å². The SMILES string of the molecule is CCOc1ccccc1C(=O)NC[C@@]12CCC[C@H]1N(CC1CCCCC1)C(=O)CC2. The minimum absolute atomic E-state index is 0.0266. The van der Waals surface area contributed by atoms with Gasteiger partial charge in [-0.2, -0.15) is 0 Å². The van der Waals surface area contributed by atoms with Crippen LogP contribution >= 0.6 is 0 Å². The van der Waals surface area contributed by atoms with Crippen LogP contribution < -0.4 is 10.1 Å². The summed E-state index contributed by atoms with van der Waals surface area (Å²) in [7, 11) is 0. The third kappa shape index (κ3) is 4.35. The highest BCUT2D eigenvalue weighted by Crippen LogP contribution is 2.48. The Labute approximate surface area is 180 Å². The Morgan fingerprint density at radius 2 is 1.93 bits per heavy atom. The summed E-state index contributed by atoms with van der Waals surface area (Å²) < 4.78 is 5.64. The van der Waals surface area contributed by atoms with E-state index in [2.05, 4.69) is 10.2 Å². The van der Waals surface area contributed by atoms with E-state index in [9.17, 15) is 9.59 Å².